The zero-order valence-electron chi connectivity index (χ0n) is 16.1. The Labute approximate surface area is 161 Å². The molecule has 0 radical (unpaired) electrons. The number of para-hydroxylation sites is 1. The third-order valence-corrected chi connectivity index (χ3v) is 5.00. The van der Waals surface area contributed by atoms with Crippen molar-refractivity contribution in [3.8, 4) is 5.75 Å². The second kappa shape index (κ2) is 9.85. The molecule has 0 fully saturated rings. The fraction of sp³-hybridized carbons (Fsp3) is 0.455. The normalized spacial score (nSPS) is 15.6. The van der Waals surface area contributed by atoms with Crippen molar-refractivity contribution in [2.75, 3.05) is 39.9 Å². The molecule has 5 heteroatoms. The van der Waals surface area contributed by atoms with Crippen molar-refractivity contribution < 1.29 is 14.9 Å². The van der Waals surface area contributed by atoms with E-state index in [-0.39, 0.29) is 13.2 Å². The van der Waals surface area contributed by atoms with Gasteiger partial charge in [0.15, 0.2) is 0 Å². The van der Waals surface area contributed by atoms with Crippen LogP contribution in [0.2, 0.25) is 0 Å². The van der Waals surface area contributed by atoms with Crippen molar-refractivity contribution in [3.63, 3.8) is 0 Å². The number of hydrogen-bond acceptors (Lipinski definition) is 5. The molecule has 2 aromatic carbocycles. The minimum absolute atomic E-state index is 0.136. The van der Waals surface area contributed by atoms with Gasteiger partial charge in [0.25, 0.3) is 0 Å². The highest BCUT2D eigenvalue weighted by Gasteiger charge is 2.19. The molecule has 1 aliphatic rings. The van der Waals surface area contributed by atoms with Crippen LogP contribution in [0, 0.1) is 0 Å². The Morgan fingerprint density at radius 1 is 1.11 bits per heavy atom. The van der Waals surface area contributed by atoms with E-state index < -0.39 is 6.10 Å². The highest BCUT2D eigenvalue weighted by Crippen LogP contribution is 2.21. The average Bonchev–Trinajstić information content (AvgIpc) is 2.67. The minimum atomic E-state index is -0.529. The number of fused-ring (bicyclic) bond motifs is 1. The molecule has 1 atom stereocenters. The molecule has 5 nitrogen and oxygen atoms in total. The van der Waals surface area contributed by atoms with Crippen LogP contribution in [0.5, 0.6) is 5.75 Å². The number of aliphatic hydroxyl groups excluding tert-OH is 2. The molecule has 2 aromatic rings. The van der Waals surface area contributed by atoms with Crippen molar-refractivity contribution in [3.05, 3.63) is 65.2 Å². The maximum atomic E-state index is 10.5. The van der Waals surface area contributed by atoms with Gasteiger partial charge in [-0.1, -0.05) is 42.5 Å². The van der Waals surface area contributed by atoms with Crippen molar-refractivity contribution in [2.45, 2.75) is 25.6 Å². The molecule has 1 aliphatic heterocycles. The van der Waals surface area contributed by atoms with Crippen molar-refractivity contribution in [2.24, 2.45) is 0 Å². The molecule has 3 rings (SSSR count). The lowest BCUT2D eigenvalue weighted by atomic mass is 10.00. The predicted molar refractivity (Wildman–Crippen MR) is 107 cm³/mol. The quantitative estimate of drug-likeness (QED) is 0.706. The van der Waals surface area contributed by atoms with Gasteiger partial charge in [-0.2, -0.15) is 0 Å². The van der Waals surface area contributed by atoms with E-state index in [1.54, 1.807) is 0 Å². The van der Waals surface area contributed by atoms with E-state index in [0.29, 0.717) is 19.6 Å². The number of nitrogens with zero attached hydrogens (tertiary/aromatic N) is 2. The smallest absolute Gasteiger partial charge is 0.123 e. The Bertz CT molecular complexity index is 722. The average molecular weight is 370 g/mol. The molecule has 0 saturated carbocycles. The number of benzene rings is 2. The molecule has 0 spiro atoms. The van der Waals surface area contributed by atoms with E-state index >= 15 is 0 Å². The third-order valence-electron chi connectivity index (χ3n) is 5.00. The lowest BCUT2D eigenvalue weighted by molar-refractivity contribution is 0.0632. The van der Waals surface area contributed by atoms with Gasteiger partial charge >= 0.3 is 0 Å². The number of β-amino-alcohol motifs (C(OH)–C–C–N with tert-alkyl or cyclic N) is 1. The summed E-state index contributed by atoms with van der Waals surface area (Å²) in [5.41, 5.74) is 3.84. The van der Waals surface area contributed by atoms with E-state index in [9.17, 15) is 5.11 Å². The molecule has 0 saturated heterocycles. The number of ether oxygens (including phenoxy) is 1. The summed E-state index contributed by atoms with van der Waals surface area (Å²) in [5, 5.41) is 19.5. The van der Waals surface area contributed by atoms with Crippen molar-refractivity contribution in [1.82, 2.24) is 9.80 Å². The highest BCUT2D eigenvalue weighted by atomic mass is 16.5. The Morgan fingerprint density at radius 3 is 2.67 bits per heavy atom. The van der Waals surface area contributed by atoms with Crippen LogP contribution in [0.15, 0.2) is 48.5 Å². The van der Waals surface area contributed by atoms with Crippen LogP contribution < -0.4 is 4.74 Å². The molecule has 1 heterocycles. The second-order valence-electron chi connectivity index (χ2n) is 7.29. The summed E-state index contributed by atoms with van der Waals surface area (Å²) < 4.78 is 5.92. The Hall–Kier alpha value is -1.92. The largest absolute Gasteiger partial charge is 0.491 e. The molecule has 0 amide bonds. The van der Waals surface area contributed by atoms with E-state index in [1.165, 1.54) is 11.1 Å². The van der Waals surface area contributed by atoms with Gasteiger partial charge in [0.2, 0.25) is 0 Å². The molecule has 0 aliphatic carbocycles. The van der Waals surface area contributed by atoms with Crippen LogP contribution in [-0.4, -0.2) is 66.0 Å². The van der Waals surface area contributed by atoms with Crippen LogP contribution >= 0.6 is 0 Å². The number of rotatable bonds is 9. The molecule has 0 unspecified atom stereocenters. The fourth-order valence-electron chi connectivity index (χ4n) is 3.56. The van der Waals surface area contributed by atoms with Gasteiger partial charge in [-0.3, -0.25) is 9.80 Å². The summed E-state index contributed by atoms with van der Waals surface area (Å²) in [5.74, 6) is 0.797. The minimum Gasteiger partial charge on any atom is -0.491 e. The van der Waals surface area contributed by atoms with Crippen LogP contribution in [0.25, 0.3) is 0 Å². The first-order chi connectivity index (χ1) is 13.2. The van der Waals surface area contributed by atoms with E-state index in [2.05, 4.69) is 29.2 Å². The summed E-state index contributed by atoms with van der Waals surface area (Å²) in [6.45, 7) is 4.20. The van der Waals surface area contributed by atoms with Crippen LogP contribution in [-0.2, 0) is 19.5 Å². The van der Waals surface area contributed by atoms with Gasteiger partial charge < -0.3 is 14.9 Å². The summed E-state index contributed by atoms with van der Waals surface area (Å²) in [6, 6.07) is 16.4. The summed E-state index contributed by atoms with van der Waals surface area (Å²) in [7, 11) is 1.97. The summed E-state index contributed by atoms with van der Waals surface area (Å²) in [6.07, 6.45) is 0.502. The molecule has 0 aromatic heterocycles. The van der Waals surface area contributed by atoms with Crippen LogP contribution in [0.4, 0.5) is 0 Å². The van der Waals surface area contributed by atoms with E-state index in [0.717, 1.165) is 30.8 Å². The van der Waals surface area contributed by atoms with Crippen molar-refractivity contribution >= 4 is 0 Å². The second-order valence-corrected chi connectivity index (χ2v) is 7.29. The number of aliphatic hydroxyl groups is 2. The third kappa shape index (κ3) is 5.78. The molecular weight excluding hydrogens is 340 g/mol. The van der Waals surface area contributed by atoms with Crippen LogP contribution in [0.3, 0.4) is 0 Å². The molecule has 0 bridgehead atoms. The molecule has 2 N–H and O–H groups in total. The summed E-state index contributed by atoms with van der Waals surface area (Å²) in [4.78, 5) is 4.33. The van der Waals surface area contributed by atoms with Gasteiger partial charge in [0.1, 0.15) is 18.5 Å². The SMILES string of the molecule is CN(CCO)Cc1ccccc1OC[C@H](O)CN1CCc2ccccc2C1. The van der Waals surface area contributed by atoms with Gasteiger partial charge in [-0.05, 0) is 30.7 Å². The Kier molecular flexibility index (Phi) is 7.24. The first kappa shape index (κ1) is 19.8. The molecule has 146 valence electrons. The maximum Gasteiger partial charge on any atom is 0.123 e. The van der Waals surface area contributed by atoms with Gasteiger partial charge in [-0.25, -0.2) is 0 Å². The number of hydrogen-bond donors (Lipinski definition) is 2. The predicted octanol–water partition coefficient (Wildman–Crippen LogP) is 1.91. The lowest BCUT2D eigenvalue weighted by Crippen LogP contribution is -2.38. The fourth-order valence-corrected chi connectivity index (χ4v) is 3.56. The van der Waals surface area contributed by atoms with Gasteiger partial charge in [0.05, 0.1) is 6.61 Å². The summed E-state index contributed by atoms with van der Waals surface area (Å²) >= 11 is 0. The lowest BCUT2D eigenvalue weighted by Gasteiger charge is -2.30. The van der Waals surface area contributed by atoms with Crippen LogP contribution in [0.1, 0.15) is 16.7 Å². The van der Waals surface area contributed by atoms with Crippen molar-refractivity contribution in [1.29, 1.82) is 0 Å². The standard InChI is InChI=1S/C22H30N2O3/c1-23(12-13-25)14-20-8-4-5-9-22(20)27-17-21(26)16-24-11-10-18-6-2-3-7-19(18)15-24/h2-9,21,25-26H,10-17H2,1H3/t21-/m1/s1. The highest BCUT2D eigenvalue weighted by molar-refractivity contribution is 5.33. The Morgan fingerprint density at radius 2 is 1.85 bits per heavy atom. The van der Waals surface area contributed by atoms with E-state index in [1.807, 2.05) is 36.2 Å². The first-order valence-corrected chi connectivity index (χ1v) is 9.63. The molecular formula is C22H30N2O3. The molecule has 27 heavy (non-hydrogen) atoms. The number of likely N-dealkylation sites (N-methyl/N-ethyl adjacent to an activating group) is 1. The maximum absolute atomic E-state index is 10.5. The first-order valence-electron chi connectivity index (χ1n) is 9.63. The topological polar surface area (TPSA) is 56.2 Å². The van der Waals surface area contributed by atoms with Gasteiger partial charge in [0, 0.05) is 38.3 Å². The monoisotopic (exact) mass is 370 g/mol. The van der Waals surface area contributed by atoms with Gasteiger partial charge in [-0.15, -0.1) is 0 Å². The Balaban J connectivity index is 1.50. The zero-order valence-corrected chi connectivity index (χ0v) is 16.1. The van der Waals surface area contributed by atoms with E-state index in [4.69, 9.17) is 9.84 Å². The zero-order chi connectivity index (χ0) is 19.1.